The van der Waals surface area contributed by atoms with Crippen molar-refractivity contribution in [2.45, 2.75) is 144 Å². The molecule has 0 aromatic heterocycles. The van der Waals surface area contributed by atoms with Crippen LogP contribution in [0, 0.1) is 11.8 Å². The van der Waals surface area contributed by atoms with Gasteiger partial charge in [-0.3, -0.25) is 0 Å². The van der Waals surface area contributed by atoms with Crippen LogP contribution in [0.1, 0.15) is 132 Å². The summed E-state index contributed by atoms with van der Waals surface area (Å²) in [6.45, 7) is 16.4. The molecule has 0 aromatic carbocycles. The quantitative estimate of drug-likeness (QED) is 0.133. The lowest BCUT2D eigenvalue weighted by Gasteiger charge is -2.25. The molecule has 7 heteroatoms. The lowest BCUT2D eigenvalue weighted by Crippen LogP contribution is -2.28. The van der Waals surface area contributed by atoms with E-state index in [9.17, 15) is 4.79 Å². The fraction of sp³-hybridized carbons (Fsp3) is 0.960. The molecular formula is C25H50O7. The van der Waals surface area contributed by atoms with E-state index in [-0.39, 0.29) is 0 Å². The smallest absolute Gasteiger partial charge is 0.226 e. The Balaban J connectivity index is 4.07. The van der Waals surface area contributed by atoms with Gasteiger partial charge in [-0.15, -0.1) is 0 Å². The fourth-order valence-corrected chi connectivity index (χ4v) is 3.57. The van der Waals surface area contributed by atoms with Crippen molar-refractivity contribution in [3.63, 3.8) is 0 Å². The first-order valence-corrected chi connectivity index (χ1v) is 12.7. The Morgan fingerprint density at radius 1 is 0.656 bits per heavy atom. The molecule has 0 saturated carbocycles. The maximum atomic E-state index is 11.6. The van der Waals surface area contributed by atoms with Gasteiger partial charge in [0.2, 0.25) is 0 Å². The maximum absolute atomic E-state index is 11.6. The minimum Gasteiger partial charge on any atom is -0.226 e. The molecule has 0 rings (SSSR count). The summed E-state index contributed by atoms with van der Waals surface area (Å²) < 4.78 is 0. The number of hydrogen-bond acceptors (Lipinski definition) is 7. The molecule has 192 valence electrons. The molecular weight excluding hydrogens is 412 g/mol. The Hall–Kier alpha value is -0.890. The highest BCUT2D eigenvalue weighted by Gasteiger charge is 2.25. The summed E-state index contributed by atoms with van der Waals surface area (Å²) in [4.78, 5) is 31.0. The number of rotatable bonds is 20. The third kappa shape index (κ3) is 16.7. The summed E-state index contributed by atoms with van der Waals surface area (Å²) in [5.41, 5.74) is -1.18. The first kappa shape index (κ1) is 31.1. The molecule has 32 heavy (non-hydrogen) atoms. The van der Waals surface area contributed by atoms with Crippen LogP contribution >= 0.6 is 0 Å². The summed E-state index contributed by atoms with van der Waals surface area (Å²) >= 11 is 0. The van der Waals surface area contributed by atoms with Crippen LogP contribution in [0.4, 0.5) is 4.79 Å². The van der Waals surface area contributed by atoms with E-state index < -0.39 is 17.4 Å². The zero-order chi connectivity index (χ0) is 24.5. The van der Waals surface area contributed by atoms with Crippen LogP contribution < -0.4 is 0 Å². The number of hydrogen-bond donors (Lipinski definition) is 0. The van der Waals surface area contributed by atoms with Gasteiger partial charge in [-0.1, -0.05) is 79.1 Å². The molecule has 0 aliphatic carbocycles. The highest BCUT2D eigenvalue weighted by atomic mass is 17.6. The van der Waals surface area contributed by atoms with Gasteiger partial charge >= 0.3 is 6.16 Å². The Kier molecular flexibility index (Phi) is 17.1. The van der Waals surface area contributed by atoms with Gasteiger partial charge < -0.3 is 0 Å². The van der Waals surface area contributed by atoms with Crippen molar-refractivity contribution in [3.8, 4) is 0 Å². The largest absolute Gasteiger partial charge is 0.577 e. The van der Waals surface area contributed by atoms with Crippen molar-refractivity contribution >= 4 is 6.16 Å². The molecule has 0 N–H and O–H groups in total. The van der Waals surface area contributed by atoms with Crippen molar-refractivity contribution in [3.05, 3.63) is 0 Å². The van der Waals surface area contributed by atoms with Crippen LogP contribution in [0.25, 0.3) is 0 Å². The monoisotopic (exact) mass is 462 g/mol. The summed E-state index contributed by atoms with van der Waals surface area (Å²) in [7, 11) is 0. The van der Waals surface area contributed by atoms with E-state index in [1.807, 2.05) is 27.7 Å². The van der Waals surface area contributed by atoms with E-state index in [1.165, 1.54) is 38.5 Å². The summed E-state index contributed by atoms with van der Waals surface area (Å²) in [5.74, 6) is 1.33. The van der Waals surface area contributed by atoms with E-state index in [0.717, 1.165) is 38.5 Å². The topological polar surface area (TPSA) is 72.5 Å². The second-order valence-electron chi connectivity index (χ2n) is 10.1. The lowest BCUT2D eigenvalue weighted by atomic mass is 9.90. The highest BCUT2D eigenvalue weighted by molar-refractivity contribution is 5.57. The van der Waals surface area contributed by atoms with Crippen molar-refractivity contribution in [1.29, 1.82) is 0 Å². The second-order valence-corrected chi connectivity index (χ2v) is 10.1. The molecule has 2 atom stereocenters. The van der Waals surface area contributed by atoms with Gasteiger partial charge in [-0.05, 0) is 75.3 Å². The number of carbonyl (C=O) groups is 1. The first-order chi connectivity index (χ1) is 15.1. The summed E-state index contributed by atoms with van der Waals surface area (Å²) in [6.07, 6.45) is 12.1. The van der Waals surface area contributed by atoms with Gasteiger partial charge in [-0.25, -0.2) is 9.78 Å². The number of carbonyl (C=O) groups excluding carboxylic acids is 1. The van der Waals surface area contributed by atoms with Gasteiger partial charge in [-0.2, -0.15) is 14.6 Å². The van der Waals surface area contributed by atoms with Gasteiger partial charge in [0, 0.05) is 0 Å². The zero-order valence-electron chi connectivity index (χ0n) is 22.0. The van der Waals surface area contributed by atoms with Crippen LogP contribution in [0.2, 0.25) is 0 Å². The zero-order valence-corrected chi connectivity index (χ0v) is 22.0. The van der Waals surface area contributed by atoms with Crippen molar-refractivity contribution in [2.75, 3.05) is 0 Å². The molecule has 0 fully saturated rings. The molecule has 0 spiro atoms. The average Bonchev–Trinajstić information content (AvgIpc) is 2.73. The molecule has 0 amide bonds. The van der Waals surface area contributed by atoms with E-state index in [1.54, 1.807) is 0 Å². The molecule has 0 aromatic rings. The van der Waals surface area contributed by atoms with Crippen molar-refractivity contribution in [2.24, 2.45) is 11.8 Å². The van der Waals surface area contributed by atoms with Gasteiger partial charge in [0.25, 0.3) is 0 Å². The van der Waals surface area contributed by atoms with Crippen LogP contribution in [-0.2, 0) is 29.6 Å². The van der Waals surface area contributed by atoms with Crippen LogP contribution in [-0.4, -0.2) is 17.4 Å². The second kappa shape index (κ2) is 17.6. The molecule has 0 aliphatic heterocycles. The van der Waals surface area contributed by atoms with E-state index in [0.29, 0.717) is 11.8 Å². The predicted molar refractivity (Wildman–Crippen MR) is 125 cm³/mol. The fourth-order valence-electron chi connectivity index (χ4n) is 3.57. The van der Waals surface area contributed by atoms with E-state index >= 15 is 0 Å². The minimum atomic E-state index is -1.19. The van der Waals surface area contributed by atoms with Crippen LogP contribution in [0.5, 0.6) is 0 Å². The maximum Gasteiger partial charge on any atom is 0.577 e. The Labute approximate surface area is 196 Å². The van der Waals surface area contributed by atoms with Crippen molar-refractivity contribution in [1.82, 2.24) is 0 Å². The molecule has 2 unspecified atom stereocenters. The molecule has 0 radical (unpaired) electrons. The molecule has 0 heterocycles. The van der Waals surface area contributed by atoms with Crippen LogP contribution in [0.15, 0.2) is 0 Å². The van der Waals surface area contributed by atoms with E-state index in [2.05, 4.69) is 47.5 Å². The molecule has 0 bridgehead atoms. The SMILES string of the molecule is CCCCC(CC)CCC(C)(C)OOOC(=O)OOOC(C)(C)CCC(CC)CCCC. The molecule has 0 saturated heterocycles. The summed E-state index contributed by atoms with van der Waals surface area (Å²) in [6, 6.07) is 0. The van der Waals surface area contributed by atoms with Gasteiger partial charge in [0.05, 0.1) is 0 Å². The molecule has 0 aliphatic rings. The average molecular weight is 463 g/mol. The standard InChI is InChI=1S/C25H50O7/c1-9-13-15-21(11-3)17-19-24(5,6)29-31-27-23(26)28-32-30-25(7,8)20-18-22(12-4)16-14-10-2/h21-22H,9-20H2,1-8H3. The lowest BCUT2D eigenvalue weighted by molar-refractivity contribution is -0.554. The highest BCUT2D eigenvalue weighted by Crippen LogP contribution is 2.26. The van der Waals surface area contributed by atoms with Crippen LogP contribution in [0.3, 0.4) is 0 Å². The first-order valence-electron chi connectivity index (χ1n) is 12.7. The van der Waals surface area contributed by atoms with Crippen molar-refractivity contribution < 1.29 is 34.4 Å². The third-order valence-corrected chi connectivity index (χ3v) is 6.12. The minimum absolute atomic E-state index is 0.590. The Morgan fingerprint density at radius 2 is 1.03 bits per heavy atom. The van der Waals surface area contributed by atoms with E-state index in [4.69, 9.17) is 9.78 Å². The third-order valence-electron chi connectivity index (χ3n) is 6.12. The summed E-state index contributed by atoms with van der Waals surface area (Å²) in [5, 5.41) is 9.22. The molecule has 7 nitrogen and oxygen atoms in total. The predicted octanol–water partition coefficient (Wildman–Crippen LogP) is 8.42. The number of unbranched alkanes of at least 4 members (excludes halogenated alkanes) is 2. The normalized spacial score (nSPS) is 14.2. The Bertz CT molecular complexity index is 425. The Morgan fingerprint density at radius 3 is 1.34 bits per heavy atom. The van der Waals surface area contributed by atoms with Gasteiger partial charge in [0.15, 0.2) is 0 Å². The van der Waals surface area contributed by atoms with Gasteiger partial charge in [0.1, 0.15) is 11.2 Å².